The third kappa shape index (κ3) is 1.37. The maximum absolute atomic E-state index is 12.0. The van der Waals surface area contributed by atoms with E-state index in [9.17, 15) is 4.79 Å². The van der Waals surface area contributed by atoms with Gasteiger partial charge in [-0.15, -0.1) is 0 Å². The number of fused-ring (bicyclic) bond motifs is 1. The van der Waals surface area contributed by atoms with E-state index in [-0.39, 0.29) is 11.9 Å². The summed E-state index contributed by atoms with van der Waals surface area (Å²) in [5, 5.41) is 0. The molecule has 3 rings (SSSR count). The number of carbonyl (C=O) groups is 1. The summed E-state index contributed by atoms with van der Waals surface area (Å²) in [5.41, 5.74) is 7.49. The van der Waals surface area contributed by atoms with E-state index in [1.807, 2.05) is 10.6 Å². The summed E-state index contributed by atoms with van der Waals surface area (Å²) in [6.07, 6.45) is 4.11. The molecule has 2 aromatic heterocycles. The lowest BCUT2D eigenvalue weighted by molar-refractivity contribution is -0.129. The van der Waals surface area contributed by atoms with E-state index in [4.69, 9.17) is 5.73 Å². The summed E-state index contributed by atoms with van der Waals surface area (Å²) >= 11 is 0. The lowest BCUT2D eigenvalue weighted by Crippen LogP contribution is -2.25. The Morgan fingerprint density at radius 1 is 1.53 bits per heavy atom. The van der Waals surface area contributed by atoms with Crippen LogP contribution in [0.25, 0.3) is 11.0 Å². The molecule has 1 atom stereocenters. The number of nitrogens with two attached hydrogens (primary N) is 1. The minimum atomic E-state index is -0.229. The van der Waals surface area contributed by atoms with E-state index >= 15 is 0 Å². The number of likely N-dealkylation sites (tertiary alicyclic amines) is 1. The molecule has 2 N–H and O–H groups in total. The van der Waals surface area contributed by atoms with Gasteiger partial charge in [-0.1, -0.05) is 0 Å². The summed E-state index contributed by atoms with van der Waals surface area (Å²) < 4.78 is 1.81. The monoisotopic (exact) mass is 231 g/mol. The number of hydrogen-bond acceptors (Lipinski definition) is 4. The fraction of sp³-hybridized carbons (Fsp3) is 0.364. The van der Waals surface area contributed by atoms with Crippen molar-refractivity contribution < 1.29 is 4.79 Å². The second-order valence-electron chi connectivity index (χ2n) is 4.27. The van der Waals surface area contributed by atoms with E-state index in [1.54, 1.807) is 24.3 Å². The Labute approximate surface area is 98.1 Å². The van der Waals surface area contributed by atoms with Crippen LogP contribution in [0.2, 0.25) is 0 Å². The SMILES string of the molecule is CN1CCC(n2c(N)nc3cnccc32)C1=O. The number of nitrogen functional groups attached to an aromatic ring is 1. The van der Waals surface area contributed by atoms with Crippen molar-refractivity contribution in [3.8, 4) is 0 Å². The first-order chi connectivity index (χ1) is 8.18. The zero-order valence-corrected chi connectivity index (χ0v) is 9.50. The van der Waals surface area contributed by atoms with Crippen molar-refractivity contribution in [2.75, 3.05) is 19.3 Å². The molecule has 6 nitrogen and oxygen atoms in total. The molecule has 1 fully saturated rings. The number of nitrogens with zero attached hydrogens (tertiary/aromatic N) is 4. The second kappa shape index (κ2) is 3.44. The molecule has 1 aliphatic rings. The number of hydrogen-bond donors (Lipinski definition) is 1. The number of rotatable bonds is 1. The summed E-state index contributed by atoms with van der Waals surface area (Å²) in [4.78, 5) is 22.0. The van der Waals surface area contributed by atoms with Gasteiger partial charge in [-0.2, -0.15) is 0 Å². The predicted octanol–water partition coefficient (Wildman–Crippen LogP) is 0.417. The molecule has 3 heterocycles. The largest absolute Gasteiger partial charge is 0.369 e. The van der Waals surface area contributed by atoms with E-state index in [1.165, 1.54) is 0 Å². The van der Waals surface area contributed by atoms with Gasteiger partial charge in [0.15, 0.2) is 0 Å². The molecule has 1 aliphatic heterocycles. The van der Waals surface area contributed by atoms with Crippen LogP contribution in [0, 0.1) is 0 Å². The Bertz CT molecular complexity index is 591. The molecule has 0 saturated carbocycles. The number of aromatic nitrogens is 3. The molecule has 88 valence electrons. The van der Waals surface area contributed by atoms with Crippen molar-refractivity contribution in [3.63, 3.8) is 0 Å². The topological polar surface area (TPSA) is 77.0 Å². The minimum Gasteiger partial charge on any atom is -0.369 e. The normalized spacial score (nSPS) is 20.4. The van der Waals surface area contributed by atoms with Gasteiger partial charge in [-0.05, 0) is 12.5 Å². The lowest BCUT2D eigenvalue weighted by atomic mass is 10.2. The van der Waals surface area contributed by atoms with Gasteiger partial charge in [0, 0.05) is 19.8 Å². The van der Waals surface area contributed by atoms with Crippen molar-refractivity contribution in [1.29, 1.82) is 0 Å². The average Bonchev–Trinajstić information content (AvgIpc) is 2.80. The number of likely N-dealkylation sites (N-methyl/N-ethyl adjacent to an activating group) is 1. The highest BCUT2D eigenvalue weighted by Gasteiger charge is 2.32. The predicted molar refractivity (Wildman–Crippen MR) is 63.2 cm³/mol. The molecule has 1 amide bonds. The zero-order chi connectivity index (χ0) is 12.0. The fourth-order valence-electron chi connectivity index (χ4n) is 2.34. The maximum Gasteiger partial charge on any atom is 0.245 e. The number of anilines is 1. The first-order valence-electron chi connectivity index (χ1n) is 5.51. The van der Waals surface area contributed by atoms with Gasteiger partial charge in [0.25, 0.3) is 0 Å². The molecule has 1 saturated heterocycles. The summed E-state index contributed by atoms with van der Waals surface area (Å²) in [5.74, 6) is 0.467. The Morgan fingerprint density at radius 3 is 3.06 bits per heavy atom. The van der Waals surface area contributed by atoms with Gasteiger partial charge < -0.3 is 10.6 Å². The van der Waals surface area contributed by atoms with Crippen molar-refractivity contribution in [1.82, 2.24) is 19.4 Å². The highest BCUT2D eigenvalue weighted by Crippen LogP contribution is 2.28. The Kier molecular flexibility index (Phi) is 2.04. The van der Waals surface area contributed by atoms with E-state index in [0.717, 1.165) is 24.0 Å². The van der Waals surface area contributed by atoms with E-state index in [0.29, 0.717) is 5.95 Å². The maximum atomic E-state index is 12.0. The average molecular weight is 231 g/mol. The summed E-state index contributed by atoms with van der Waals surface area (Å²) in [6.45, 7) is 0.758. The third-order valence-electron chi connectivity index (χ3n) is 3.23. The van der Waals surface area contributed by atoms with Gasteiger partial charge in [-0.25, -0.2) is 4.98 Å². The molecule has 0 bridgehead atoms. The van der Waals surface area contributed by atoms with Crippen LogP contribution in [0.15, 0.2) is 18.5 Å². The Hall–Kier alpha value is -2.11. The zero-order valence-electron chi connectivity index (χ0n) is 9.50. The molecular formula is C11H13N5O. The van der Waals surface area contributed by atoms with Crippen molar-refractivity contribution in [2.24, 2.45) is 0 Å². The molecule has 2 aromatic rings. The van der Waals surface area contributed by atoms with Crippen LogP contribution in [-0.2, 0) is 4.79 Å². The van der Waals surface area contributed by atoms with Crippen LogP contribution >= 0.6 is 0 Å². The van der Waals surface area contributed by atoms with Crippen LogP contribution in [0.1, 0.15) is 12.5 Å². The Balaban J connectivity index is 2.17. The number of pyridine rings is 1. The van der Waals surface area contributed by atoms with Crippen LogP contribution in [-0.4, -0.2) is 38.9 Å². The highest BCUT2D eigenvalue weighted by atomic mass is 16.2. The smallest absolute Gasteiger partial charge is 0.245 e. The molecule has 0 aliphatic carbocycles. The van der Waals surface area contributed by atoms with Gasteiger partial charge in [0.05, 0.1) is 11.7 Å². The van der Waals surface area contributed by atoms with Gasteiger partial charge in [-0.3, -0.25) is 14.3 Å². The summed E-state index contributed by atoms with van der Waals surface area (Å²) in [7, 11) is 1.80. The molecular weight excluding hydrogens is 218 g/mol. The van der Waals surface area contributed by atoms with E-state index < -0.39 is 0 Å². The number of carbonyl (C=O) groups excluding carboxylic acids is 1. The standard InChI is InChI=1S/C11H13N5O/c1-15-5-3-9(10(15)17)16-8-2-4-13-6-7(8)14-11(16)12/h2,4,6,9H,3,5H2,1H3,(H2,12,14). The van der Waals surface area contributed by atoms with Crippen molar-refractivity contribution >= 4 is 22.9 Å². The quantitative estimate of drug-likeness (QED) is 0.771. The Morgan fingerprint density at radius 2 is 2.35 bits per heavy atom. The van der Waals surface area contributed by atoms with E-state index in [2.05, 4.69) is 9.97 Å². The number of amides is 1. The first-order valence-corrected chi connectivity index (χ1v) is 5.51. The van der Waals surface area contributed by atoms with Crippen molar-refractivity contribution in [2.45, 2.75) is 12.5 Å². The molecule has 17 heavy (non-hydrogen) atoms. The van der Waals surface area contributed by atoms with Crippen molar-refractivity contribution in [3.05, 3.63) is 18.5 Å². The first kappa shape index (κ1) is 10.1. The highest BCUT2D eigenvalue weighted by molar-refractivity contribution is 5.86. The third-order valence-corrected chi connectivity index (χ3v) is 3.23. The minimum absolute atomic E-state index is 0.0906. The molecule has 0 radical (unpaired) electrons. The van der Waals surface area contributed by atoms with Crippen LogP contribution in [0.4, 0.5) is 5.95 Å². The summed E-state index contributed by atoms with van der Waals surface area (Å²) in [6, 6.07) is 1.61. The van der Waals surface area contributed by atoms with Crippen LogP contribution in [0.5, 0.6) is 0 Å². The molecule has 0 spiro atoms. The molecule has 1 unspecified atom stereocenters. The lowest BCUT2D eigenvalue weighted by Gasteiger charge is -2.13. The van der Waals surface area contributed by atoms with Crippen LogP contribution in [0.3, 0.4) is 0 Å². The van der Waals surface area contributed by atoms with Gasteiger partial charge in [0.2, 0.25) is 11.9 Å². The van der Waals surface area contributed by atoms with Crippen LogP contribution < -0.4 is 5.73 Å². The number of imidazole rings is 1. The second-order valence-corrected chi connectivity index (χ2v) is 4.27. The molecule has 6 heteroatoms. The fourth-order valence-corrected chi connectivity index (χ4v) is 2.34. The molecule has 0 aromatic carbocycles. The van der Waals surface area contributed by atoms with Gasteiger partial charge in [0.1, 0.15) is 11.6 Å². The van der Waals surface area contributed by atoms with Gasteiger partial charge >= 0.3 is 0 Å².